The molecule has 21 heavy (non-hydrogen) atoms. The summed E-state index contributed by atoms with van der Waals surface area (Å²) in [6, 6.07) is 1.73. The van der Waals surface area contributed by atoms with Crippen molar-refractivity contribution in [2.24, 2.45) is 5.92 Å². The van der Waals surface area contributed by atoms with E-state index in [1.54, 1.807) is 6.07 Å². The van der Waals surface area contributed by atoms with Crippen molar-refractivity contribution in [2.75, 3.05) is 17.2 Å². The van der Waals surface area contributed by atoms with E-state index in [4.69, 9.17) is 0 Å². The molecule has 0 aromatic carbocycles. The summed E-state index contributed by atoms with van der Waals surface area (Å²) in [5.74, 6) is -0.194. The Morgan fingerprint density at radius 3 is 2.52 bits per heavy atom. The van der Waals surface area contributed by atoms with Gasteiger partial charge in [0, 0.05) is 18.7 Å². The van der Waals surface area contributed by atoms with Crippen LogP contribution in [0.15, 0.2) is 6.07 Å². The number of halogens is 3. The van der Waals surface area contributed by atoms with Crippen molar-refractivity contribution in [1.29, 1.82) is 0 Å². The summed E-state index contributed by atoms with van der Waals surface area (Å²) in [6.07, 6.45) is -0.577. The Balaban J connectivity index is 2.22. The molecule has 1 heterocycles. The largest absolute Gasteiger partial charge is 0.451 e. The van der Waals surface area contributed by atoms with E-state index >= 15 is 0 Å². The molecule has 2 atom stereocenters. The molecule has 1 aliphatic carbocycles. The zero-order valence-corrected chi connectivity index (χ0v) is 12.3. The van der Waals surface area contributed by atoms with Crippen LogP contribution < -0.4 is 10.6 Å². The number of hydrogen-bond donors (Lipinski definition) is 2. The van der Waals surface area contributed by atoms with E-state index in [1.807, 2.05) is 6.92 Å². The number of rotatable bonds is 5. The first-order chi connectivity index (χ1) is 9.90. The van der Waals surface area contributed by atoms with Gasteiger partial charge in [0.15, 0.2) is 0 Å². The molecular formula is C14H21F3N4. The fourth-order valence-electron chi connectivity index (χ4n) is 2.54. The number of hydrogen-bond acceptors (Lipinski definition) is 4. The van der Waals surface area contributed by atoms with Crippen LogP contribution in [0, 0.1) is 5.92 Å². The smallest absolute Gasteiger partial charge is 0.370 e. The summed E-state index contributed by atoms with van der Waals surface area (Å²) in [5, 5.41) is 6.02. The molecule has 1 fully saturated rings. The van der Waals surface area contributed by atoms with Gasteiger partial charge in [0.1, 0.15) is 11.6 Å². The van der Waals surface area contributed by atoms with Crippen LogP contribution in [-0.4, -0.2) is 22.6 Å². The lowest BCUT2D eigenvalue weighted by atomic mass is 10.1. The standard InChI is InChI=1S/C14H21F3N4/c1-3-7-18-11-8-12(19-10-6-4-5-9(10)2)21-13(20-11)14(15,16)17/h8-10H,3-7H2,1-2H3,(H2,18,19,20,21). The van der Waals surface area contributed by atoms with Crippen molar-refractivity contribution < 1.29 is 13.2 Å². The van der Waals surface area contributed by atoms with Crippen molar-refractivity contribution in [2.45, 2.75) is 51.7 Å². The minimum Gasteiger partial charge on any atom is -0.370 e. The van der Waals surface area contributed by atoms with Crippen LogP contribution in [0.2, 0.25) is 0 Å². The molecule has 4 nitrogen and oxygen atoms in total. The van der Waals surface area contributed by atoms with Crippen LogP contribution >= 0.6 is 0 Å². The zero-order chi connectivity index (χ0) is 15.5. The second-order valence-corrected chi connectivity index (χ2v) is 5.55. The van der Waals surface area contributed by atoms with E-state index in [0.717, 1.165) is 25.7 Å². The predicted octanol–water partition coefficient (Wildman–Crippen LogP) is 3.92. The Bertz CT molecular complexity index is 476. The van der Waals surface area contributed by atoms with Crippen LogP contribution in [0.1, 0.15) is 45.4 Å². The molecule has 118 valence electrons. The van der Waals surface area contributed by atoms with Crippen molar-refractivity contribution >= 4 is 11.6 Å². The van der Waals surface area contributed by atoms with Crippen molar-refractivity contribution in [1.82, 2.24) is 9.97 Å². The van der Waals surface area contributed by atoms with Crippen LogP contribution in [0.25, 0.3) is 0 Å². The summed E-state index contributed by atoms with van der Waals surface area (Å²) < 4.78 is 38.6. The van der Waals surface area contributed by atoms with Gasteiger partial charge < -0.3 is 10.6 Å². The highest BCUT2D eigenvalue weighted by atomic mass is 19.4. The number of aromatic nitrogens is 2. The molecule has 0 saturated heterocycles. The van der Waals surface area contributed by atoms with E-state index in [2.05, 4.69) is 27.5 Å². The third kappa shape index (κ3) is 4.22. The predicted molar refractivity (Wildman–Crippen MR) is 76.2 cm³/mol. The average Bonchev–Trinajstić information content (AvgIpc) is 2.81. The minimum atomic E-state index is -4.54. The van der Waals surface area contributed by atoms with Crippen LogP contribution in [0.4, 0.5) is 24.8 Å². The average molecular weight is 302 g/mol. The monoisotopic (exact) mass is 302 g/mol. The lowest BCUT2D eigenvalue weighted by molar-refractivity contribution is -0.144. The van der Waals surface area contributed by atoms with E-state index < -0.39 is 12.0 Å². The minimum absolute atomic E-state index is 0.181. The Morgan fingerprint density at radius 2 is 1.95 bits per heavy atom. The molecular weight excluding hydrogens is 281 g/mol. The molecule has 0 bridgehead atoms. The van der Waals surface area contributed by atoms with E-state index in [1.165, 1.54) is 0 Å². The Labute approximate surface area is 122 Å². The molecule has 1 aromatic rings. The summed E-state index contributed by atoms with van der Waals surface area (Å²) >= 11 is 0. The van der Waals surface area contributed by atoms with Crippen LogP contribution in [0.5, 0.6) is 0 Å². The maximum absolute atomic E-state index is 12.9. The highest BCUT2D eigenvalue weighted by Gasteiger charge is 2.36. The second-order valence-electron chi connectivity index (χ2n) is 5.55. The van der Waals surface area contributed by atoms with Crippen LogP contribution in [0.3, 0.4) is 0 Å². The first-order valence-electron chi connectivity index (χ1n) is 7.37. The number of nitrogens with one attached hydrogen (secondary N) is 2. The molecule has 0 spiro atoms. The lowest BCUT2D eigenvalue weighted by Gasteiger charge is -2.19. The molecule has 1 aromatic heterocycles. The van der Waals surface area contributed by atoms with E-state index in [9.17, 15) is 13.2 Å². The van der Waals surface area contributed by atoms with Gasteiger partial charge in [0.25, 0.3) is 0 Å². The third-order valence-electron chi connectivity index (χ3n) is 3.73. The molecule has 2 N–H and O–H groups in total. The number of anilines is 2. The van der Waals surface area contributed by atoms with Gasteiger partial charge in [-0.05, 0) is 25.2 Å². The molecule has 2 unspecified atom stereocenters. The molecule has 1 aliphatic rings. The molecule has 7 heteroatoms. The van der Waals surface area contributed by atoms with Crippen LogP contribution in [-0.2, 0) is 6.18 Å². The van der Waals surface area contributed by atoms with Gasteiger partial charge in [-0.1, -0.05) is 20.3 Å². The fraction of sp³-hybridized carbons (Fsp3) is 0.714. The maximum atomic E-state index is 12.9. The molecule has 0 aliphatic heterocycles. The van der Waals surface area contributed by atoms with Gasteiger partial charge in [-0.15, -0.1) is 0 Å². The first kappa shape index (κ1) is 15.9. The topological polar surface area (TPSA) is 49.8 Å². The van der Waals surface area contributed by atoms with Gasteiger partial charge in [-0.2, -0.15) is 13.2 Å². The zero-order valence-electron chi connectivity index (χ0n) is 12.3. The summed E-state index contributed by atoms with van der Waals surface area (Å²) in [7, 11) is 0. The number of nitrogens with zero attached hydrogens (tertiary/aromatic N) is 2. The molecule has 1 saturated carbocycles. The van der Waals surface area contributed by atoms with Gasteiger partial charge in [0.05, 0.1) is 0 Å². The van der Waals surface area contributed by atoms with Gasteiger partial charge >= 0.3 is 6.18 Å². The maximum Gasteiger partial charge on any atom is 0.451 e. The van der Waals surface area contributed by atoms with E-state index in [0.29, 0.717) is 12.5 Å². The summed E-state index contributed by atoms with van der Waals surface area (Å²) in [5.41, 5.74) is 0. The Hall–Kier alpha value is -1.53. The highest BCUT2D eigenvalue weighted by Crippen LogP contribution is 2.31. The third-order valence-corrected chi connectivity index (χ3v) is 3.73. The van der Waals surface area contributed by atoms with Crippen molar-refractivity contribution in [3.8, 4) is 0 Å². The molecule has 0 radical (unpaired) electrons. The Morgan fingerprint density at radius 1 is 1.24 bits per heavy atom. The summed E-state index contributed by atoms with van der Waals surface area (Å²) in [4.78, 5) is 7.17. The second kappa shape index (κ2) is 6.49. The summed E-state index contributed by atoms with van der Waals surface area (Å²) in [6.45, 7) is 4.62. The SMILES string of the molecule is CCCNc1cc(NC2CCCC2C)nc(C(F)(F)F)n1. The van der Waals surface area contributed by atoms with Gasteiger partial charge in [0.2, 0.25) is 5.82 Å². The Kier molecular flexibility index (Phi) is 4.90. The van der Waals surface area contributed by atoms with E-state index in [-0.39, 0.29) is 17.7 Å². The first-order valence-corrected chi connectivity index (χ1v) is 7.37. The normalized spacial score (nSPS) is 22.3. The fourth-order valence-corrected chi connectivity index (χ4v) is 2.54. The van der Waals surface area contributed by atoms with Crippen molar-refractivity contribution in [3.63, 3.8) is 0 Å². The van der Waals surface area contributed by atoms with Gasteiger partial charge in [-0.3, -0.25) is 0 Å². The van der Waals surface area contributed by atoms with Crippen molar-refractivity contribution in [3.05, 3.63) is 11.9 Å². The quantitative estimate of drug-likeness (QED) is 0.865. The lowest BCUT2D eigenvalue weighted by Crippen LogP contribution is -2.24. The molecule has 0 amide bonds. The number of alkyl halides is 3. The molecule has 2 rings (SSSR count). The highest BCUT2D eigenvalue weighted by molar-refractivity contribution is 5.48. The van der Waals surface area contributed by atoms with Gasteiger partial charge in [-0.25, -0.2) is 9.97 Å².